The van der Waals surface area contributed by atoms with Gasteiger partial charge in [-0.3, -0.25) is 4.79 Å². The van der Waals surface area contributed by atoms with Gasteiger partial charge < -0.3 is 10.6 Å². The second-order valence-corrected chi connectivity index (χ2v) is 6.82. The SMILES string of the molecule is CCCCNC(=O)C(C)NCCc1ccc(Br)s1. The molecule has 18 heavy (non-hydrogen) atoms. The van der Waals surface area contributed by atoms with Crippen LogP contribution in [0.3, 0.4) is 0 Å². The van der Waals surface area contributed by atoms with Crippen LogP contribution < -0.4 is 10.6 Å². The summed E-state index contributed by atoms with van der Waals surface area (Å²) in [6.45, 7) is 5.63. The number of amides is 1. The second kappa shape index (κ2) is 8.67. The Balaban J connectivity index is 2.16. The average Bonchev–Trinajstić information content (AvgIpc) is 2.75. The highest BCUT2D eigenvalue weighted by Crippen LogP contribution is 2.21. The van der Waals surface area contributed by atoms with Crippen molar-refractivity contribution in [3.63, 3.8) is 0 Å². The molecule has 1 aromatic rings. The van der Waals surface area contributed by atoms with E-state index in [1.165, 1.54) is 4.88 Å². The average molecular weight is 333 g/mol. The van der Waals surface area contributed by atoms with Crippen molar-refractivity contribution in [2.45, 2.75) is 39.2 Å². The van der Waals surface area contributed by atoms with E-state index < -0.39 is 0 Å². The summed E-state index contributed by atoms with van der Waals surface area (Å²) in [5, 5.41) is 6.18. The van der Waals surface area contributed by atoms with Gasteiger partial charge in [-0.15, -0.1) is 11.3 Å². The molecule has 0 radical (unpaired) electrons. The quantitative estimate of drug-likeness (QED) is 0.718. The molecule has 1 rings (SSSR count). The van der Waals surface area contributed by atoms with Gasteiger partial charge in [0.05, 0.1) is 9.83 Å². The van der Waals surface area contributed by atoms with Crippen molar-refractivity contribution in [2.24, 2.45) is 0 Å². The largest absolute Gasteiger partial charge is 0.355 e. The van der Waals surface area contributed by atoms with Crippen LogP contribution in [0.2, 0.25) is 0 Å². The summed E-state index contributed by atoms with van der Waals surface area (Å²) >= 11 is 5.19. The maximum Gasteiger partial charge on any atom is 0.236 e. The molecule has 0 bridgehead atoms. The third-order valence-corrected chi connectivity index (χ3v) is 4.36. The molecular weight excluding hydrogens is 312 g/mol. The first-order valence-corrected chi connectivity index (χ1v) is 7.99. The zero-order chi connectivity index (χ0) is 13.4. The number of carbonyl (C=O) groups is 1. The Labute approximate surface area is 121 Å². The molecule has 0 saturated heterocycles. The Kier molecular flexibility index (Phi) is 7.54. The number of carbonyl (C=O) groups excluding carboxylic acids is 1. The number of nitrogens with one attached hydrogen (secondary N) is 2. The highest BCUT2D eigenvalue weighted by Gasteiger charge is 2.10. The molecule has 3 nitrogen and oxygen atoms in total. The number of halogens is 1. The summed E-state index contributed by atoms with van der Waals surface area (Å²) in [7, 11) is 0. The number of hydrogen-bond donors (Lipinski definition) is 2. The molecule has 0 aliphatic rings. The van der Waals surface area contributed by atoms with Crippen LogP contribution in [0.1, 0.15) is 31.6 Å². The van der Waals surface area contributed by atoms with Gasteiger partial charge in [0.1, 0.15) is 0 Å². The minimum atomic E-state index is -0.120. The van der Waals surface area contributed by atoms with Crippen LogP contribution in [0.5, 0.6) is 0 Å². The maximum absolute atomic E-state index is 11.7. The highest BCUT2D eigenvalue weighted by molar-refractivity contribution is 9.11. The molecule has 5 heteroatoms. The molecule has 0 aliphatic carbocycles. The molecule has 0 saturated carbocycles. The van der Waals surface area contributed by atoms with Crippen molar-refractivity contribution in [1.82, 2.24) is 10.6 Å². The summed E-state index contributed by atoms with van der Waals surface area (Å²) in [6.07, 6.45) is 3.11. The van der Waals surface area contributed by atoms with Gasteiger partial charge in [0.2, 0.25) is 5.91 Å². The highest BCUT2D eigenvalue weighted by atomic mass is 79.9. The van der Waals surface area contributed by atoms with E-state index in [-0.39, 0.29) is 11.9 Å². The van der Waals surface area contributed by atoms with E-state index in [1.54, 1.807) is 11.3 Å². The predicted molar refractivity (Wildman–Crippen MR) is 81.1 cm³/mol. The second-order valence-electron chi connectivity index (χ2n) is 4.28. The molecule has 1 atom stereocenters. The summed E-state index contributed by atoms with van der Waals surface area (Å²) in [4.78, 5) is 13.0. The van der Waals surface area contributed by atoms with Crippen LogP contribution >= 0.6 is 27.3 Å². The van der Waals surface area contributed by atoms with Crippen molar-refractivity contribution in [1.29, 1.82) is 0 Å². The third-order valence-electron chi connectivity index (χ3n) is 2.67. The Morgan fingerprint density at radius 3 is 2.83 bits per heavy atom. The number of rotatable bonds is 8. The van der Waals surface area contributed by atoms with Crippen LogP contribution in [-0.4, -0.2) is 25.0 Å². The van der Waals surface area contributed by atoms with E-state index in [2.05, 4.69) is 45.6 Å². The van der Waals surface area contributed by atoms with E-state index in [0.717, 1.165) is 36.1 Å². The summed E-state index contributed by atoms with van der Waals surface area (Å²) in [5.74, 6) is 0.0933. The fourth-order valence-corrected chi connectivity index (χ4v) is 3.01. The number of hydrogen-bond acceptors (Lipinski definition) is 3. The van der Waals surface area contributed by atoms with Gasteiger partial charge in [-0.25, -0.2) is 0 Å². The normalized spacial score (nSPS) is 12.4. The molecule has 2 N–H and O–H groups in total. The van der Waals surface area contributed by atoms with Gasteiger partial charge in [-0.1, -0.05) is 13.3 Å². The molecule has 0 fully saturated rings. The number of unbranched alkanes of at least 4 members (excludes halogenated alkanes) is 1. The predicted octanol–water partition coefficient (Wildman–Crippen LogP) is 2.95. The Hall–Kier alpha value is -0.390. The van der Waals surface area contributed by atoms with Gasteiger partial charge in [0, 0.05) is 18.0 Å². The van der Waals surface area contributed by atoms with Crippen molar-refractivity contribution in [3.8, 4) is 0 Å². The Morgan fingerprint density at radius 2 is 2.22 bits per heavy atom. The lowest BCUT2D eigenvalue weighted by Crippen LogP contribution is -2.43. The molecule has 1 amide bonds. The summed E-state index contributed by atoms with van der Waals surface area (Å²) in [5.41, 5.74) is 0. The van der Waals surface area contributed by atoms with Crippen molar-refractivity contribution in [2.75, 3.05) is 13.1 Å². The van der Waals surface area contributed by atoms with Crippen LogP contribution in [-0.2, 0) is 11.2 Å². The van der Waals surface area contributed by atoms with E-state index in [1.807, 2.05) is 6.92 Å². The first-order chi connectivity index (χ1) is 8.63. The van der Waals surface area contributed by atoms with Crippen LogP contribution in [0.4, 0.5) is 0 Å². The van der Waals surface area contributed by atoms with Crippen molar-refractivity contribution >= 4 is 33.2 Å². The molecular formula is C13H21BrN2OS. The Bertz CT molecular complexity index is 368. The Morgan fingerprint density at radius 1 is 1.44 bits per heavy atom. The lowest BCUT2D eigenvalue weighted by Gasteiger charge is -2.13. The zero-order valence-electron chi connectivity index (χ0n) is 11.0. The molecule has 0 spiro atoms. The van der Waals surface area contributed by atoms with Crippen LogP contribution in [0.15, 0.2) is 15.9 Å². The van der Waals surface area contributed by atoms with Crippen molar-refractivity contribution < 1.29 is 4.79 Å². The molecule has 0 aliphatic heterocycles. The fourth-order valence-electron chi connectivity index (χ4n) is 1.53. The van der Waals surface area contributed by atoms with Gasteiger partial charge in [0.25, 0.3) is 0 Å². The first kappa shape index (κ1) is 15.7. The molecule has 102 valence electrons. The minimum Gasteiger partial charge on any atom is -0.355 e. The van der Waals surface area contributed by atoms with E-state index in [9.17, 15) is 4.79 Å². The minimum absolute atomic E-state index is 0.0933. The fraction of sp³-hybridized carbons (Fsp3) is 0.615. The zero-order valence-corrected chi connectivity index (χ0v) is 13.4. The monoisotopic (exact) mass is 332 g/mol. The van der Waals surface area contributed by atoms with Gasteiger partial charge in [0.15, 0.2) is 0 Å². The molecule has 0 aromatic carbocycles. The molecule has 1 heterocycles. The first-order valence-electron chi connectivity index (χ1n) is 6.38. The molecule has 1 aromatic heterocycles. The summed E-state index contributed by atoms with van der Waals surface area (Å²) < 4.78 is 1.16. The third kappa shape index (κ3) is 5.98. The smallest absolute Gasteiger partial charge is 0.236 e. The van der Waals surface area contributed by atoms with Gasteiger partial charge >= 0.3 is 0 Å². The van der Waals surface area contributed by atoms with Crippen LogP contribution in [0, 0.1) is 0 Å². The number of thiophene rings is 1. The van der Waals surface area contributed by atoms with Crippen LogP contribution in [0.25, 0.3) is 0 Å². The summed E-state index contributed by atoms with van der Waals surface area (Å²) in [6, 6.07) is 4.05. The standard InChI is InChI=1S/C13H21BrN2OS/c1-3-4-8-16-13(17)10(2)15-9-7-11-5-6-12(14)18-11/h5-6,10,15H,3-4,7-9H2,1-2H3,(H,16,17). The lowest BCUT2D eigenvalue weighted by atomic mass is 10.2. The van der Waals surface area contributed by atoms with Gasteiger partial charge in [-0.2, -0.15) is 0 Å². The topological polar surface area (TPSA) is 41.1 Å². The molecule has 1 unspecified atom stereocenters. The lowest BCUT2D eigenvalue weighted by molar-refractivity contribution is -0.122. The van der Waals surface area contributed by atoms with Gasteiger partial charge in [-0.05, 0) is 47.8 Å². The van der Waals surface area contributed by atoms with Crippen molar-refractivity contribution in [3.05, 3.63) is 20.8 Å². The van der Waals surface area contributed by atoms with E-state index in [4.69, 9.17) is 0 Å². The van der Waals surface area contributed by atoms with E-state index in [0.29, 0.717) is 0 Å². The maximum atomic E-state index is 11.7. The van der Waals surface area contributed by atoms with E-state index >= 15 is 0 Å².